The molecule has 0 spiro atoms. The summed E-state index contributed by atoms with van der Waals surface area (Å²) in [6.07, 6.45) is 2.56. The van der Waals surface area contributed by atoms with Crippen molar-refractivity contribution in [2.24, 2.45) is 0 Å². The molecule has 0 bridgehead atoms. The second-order valence-electron chi connectivity index (χ2n) is 5.90. The van der Waals surface area contributed by atoms with Crippen molar-refractivity contribution in [2.45, 2.75) is 31.1 Å². The smallest absolute Gasteiger partial charge is 0.240 e. The van der Waals surface area contributed by atoms with E-state index in [2.05, 4.69) is 11.6 Å². The first-order valence-electron chi connectivity index (χ1n) is 8.61. The molecule has 6 nitrogen and oxygen atoms in total. The highest BCUT2D eigenvalue weighted by molar-refractivity contribution is 7.89. The van der Waals surface area contributed by atoms with Crippen LogP contribution in [0.3, 0.4) is 0 Å². The maximum absolute atomic E-state index is 12.3. The van der Waals surface area contributed by atoms with Gasteiger partial charge in [0.1, 0.15) is 0 Å². The molecule has 3 N–H and O–H groups in total. The standard InChI is InChI=1S/C19H26N2O4S/c1-3-4-13-25-19-14-15(5-10-18(19)24-2)11-12-21-26(22,23)17-8-6-16(20)7-9-17/h5-10,14,21H,3-4,11-13,20H2,1-2H3. The average Bonchev–Trinajstić information content (AvgIpc) is 2.62. The molecular weight excluding hydrogens is 352 g/mol. The van der Waals surface area contributed by atoms with Crippen LogP contribution in [-0.4, -0.2) is 28.7 Å². The number of methoxy groups -OCH3 is 1. The molecule has 2 aromatic rings. The fourth-order valence-electron chi connectivity index (χ4n) is 2.38. The molecule has 0 aliphatic heterocycles. The van der Waals surface area contributed by atoms with Crippen LogP contribution in [-0.2, 0) is 16.4 Å². The Morgan fingerprint density at radius 3 is 2.46 bits per heavy atom. The maximum Gasteiger partial charge on any atom is 0.240 e. The fourth-order valence-corrected chi connectivity index (χ4v) is 3.41. The van der Waals surface area contributed by atoms with Gasteiger partial charge in [0.25, 0.3) is 0 Å². The molecular formula is C19H26N2O4S. The van der Waals surface area contributed by atoms with Gasteiger partial charge in [0.05, 0.1) is 18.6 Å². The third-order valence-electron chi connectivity index (χ3n) is 3.88. The quantitative estimate of drug-likeness (QED) is 0.490. The summed E-state index contributed by atoms with van der Waals surface area (Å²) in [4.78, 5) is 0.199. The van der Waals surface area contributed by atoms with Gasteiger partial charge in [-0.3, -0.25) is 0 Å². The van der Waals surface area contributed by atoms with E-state index in [0.29, 0.717) is 30.2 Å². The molecule has 0 fully saturated rings. The molecule has 0 amide bonds. The Labute approximate surface area is 155 Å². The topological polar surface area (TPSA) is 90.7 Å². The Balaban J connectivity index is 1.98. The fraction of sp³-hybridized carbons (Fsp3) is 0.368. The first-order chi connectivity index (χ1) is 12.5. The molecule has 26 heavy (non-hydrogen) atoms. The van der Waals surface area contributed by atoms with Crippen molar-refractivity contribution in [2.75, 3.05) is 26.0 Å². The van der Waals surface area contributed by atoms with Crippen LogP contribution < -0.4 is 19.9 Å². The summed E-state index contributed by atoms with van der Waals surface area (Å²) in [5.74, 6) is 1.35. The number of unbranched alkanes of at least 4 members (excludes halogenated alkanes) is 1. The van der Waals surface area contributed by atoms with E-state index in [4.69, 9.17) is 15.2 Å². The van der Waals surface area contributed by atoms with Gasteiger partial charge >= 0.3 is 0 Å². The van der Waals surface area contributed by atoms with Gasteiger partial charge in [0.15, 0.2) is 11.5 Å². The summed E-state index contributed by atoms with van der Waals surface area (Å²) in [5, 5.41) is 0. The molecule has 7 heteroatoms. The van der Waals surface area contributed by atoms with Crippen molar-refractivity contribution in [1.29, 1.82) is 0 Å². The number of nitrogen functional groups attached to an aromatic ring is 1. The maximum atomic E-state index is 12.3. The number of hydrogen-bond acceptors (Lipinski definition) is 5. The van der Waals surface area contributed by atoms with Crippen LogP contribution in [0.5, 0.6) is 11.5 Å². The van der Waals surface area contributed by atoms with Crippen LogP contribution in [0.4, 0.5) is 5.69 Å². The third kappa shape index (κ3) is 5.64. The van der Waals surface area contributed by atoms with Crippen LogP contribution in [0.2, 0.25) is 0 Å². The molecule has 0 saturated carbocycles. The van der Waals surface area contributed by atoms with E-state index >= 15 is 0 Å². The molecule has 0 aliphatic rings. The highest BCUT2D eigenvalue weighted by Crippen LogP contribution is 2.28. The Bertz CT molecular complexity index is 805. The van der Waals surface area contributed by atoms with Crippen molar-refractivity contribution < 1.29 is 17.9 Å². The molecule has 0 aliphatic carbocycles. The SMILES string of the molecule is CCCCOc1cc(CCNS(=O)(=O)c2ccc(N)cc2)ccc1OC. The second kappa shape index (κ2) is 9.45. The van der Waals surface area contributed by atoms with Crippen molar-refractivity contribution in [3.63, 3.8) is 0 Å². The molecule has 0 saturated heterocycles. The molecule has 0 radical (unpaired) electrons. The summed E-state index contributed by atoms with van der Waals surface area (Å²) < 4.78 is 38.2. The number of benzene rings is 2. The summed E-state index contributed by atoms with van der Waals surface area (Å²) in [7, 11) is -1.95. The van der Waals surface area contributed by atoms with E-state index in [9.17, 15) is 8.42 Å². The summed E-state index contributed by atoms with van der Waals surface area (Å²) in [5.41, 5.74) is 7.09. The molecule has 2 rings (SSSR count). The molecule has 0 aromatic heterocycles. The van der Waals surface area contributed by atoms with Crippen molar-refractivity contribution in [3.05, 3.63) is 48.0 Å². The molecule has 0 unspecified atom stereocenters. The second-order valence-corrected chi connectivity index (χ2v) is 7.67. The van der Waals surface area contributed by atoms with E-state index in [1.54, 1.807) is 19.2 Å². The number of rotatable bonds is 10. The number of ether oxygens (including phenoxy) is 2. The number of anilines is 1. The van der Waals surface area contributed by atoms with E-state index in [1.807, 2.05) is 18.2 Å². The summed E-state index contributed by atoms with van der Waals surface area (Å²) in [6.45, 7) is 3.01. The highest BCUT2D eigenvalue weighted by Gasteiger charge is 2.13. The van der Waals surface area contributed by atoms with E-state index in [-0.39, 0.29) is 11.4 Å². The zero-order valence-electron chi connectivity index (χ0n) is 15.2. The lowest BCUT2D eigenvalue weighted by molar-refractivity contribution is 0.288. The van der Waals surface area contributed by atoms with Crippen LogP contribution in [0, 0.1) is 0 Å². The van der Waals surface area contributed by atoms with Crippen molar-refractivity contribution in [3.8, 4) is 11.5 Å². The minimum atomic E-state index is -3.55. The number of hydrogen-bond donors (Lipinski definition) is 2. The first kappa shape index (κ1) is 20.1. The lowest BCUT2D eigenvalue weighted by Gasteiger charge is -2.12. The van der Waals surface area contributed by atoms with Crippen LogP contribution in [0.1, 0.15) is 25.3 Å². The van der Waals surface area contributed by atoms with Crippen molar-refractivity contribution in [1.82, 2.24) is 4.72 Å². The number of sulfonamides is 1. The lowest BCUT2D eigenvalue weighted by Crippen LogP contribution is -2.26. The van der Waals surface area contributed by atoms with E-state index in [0.717, 1.165) is 18.4 Å². The Kier molecular flexibility index (Phi) is 7.29. The summed E-state index contributed by atoms with van der Waals surface area (Å²) in [6, 6.07) is 11.8. The van der Waals surface area contributed by atoms with Gasteiger partial charge in [-0.2, -0.15) is 0 Å². The lowest BCUT2D eigenvalue weighted by atomic mass is 10.1. The van der Waals surface area contributed by atoms with E-state index in [1.165, 1.54) is 12.1 Å². The Morgan fingerprint density at radius 1 is 1.08 bits per heavy atom. The zero-order valence-corrected chi connectivity index (χ0v) is 16.0. The van der Waals surface area contributed by atoms with Gasteiger partial charge < -0.3 is 15.2 Å². The zero-order chi connectivity index (χ0) is 19.0. The van der Waals surface area contributed by atoms with Crippen LogP contribution in [0.15, 0.2) is 47.4 Å². The number of nitrogens with two attached hydrogens (primary N) is 1. The van der Waals surface area contributed by atoms with Gasteiger partial charge in [0, 0.05) is 12.2 Å². The normalized spacial score (nSPS) is 11.3. The third-order valence-corrected chi connectivity index (χ3v) is 5.36. The predicted molar refractivity (Wildman–Crippen MR) is 103 cm³/mol. The van der Waals surface area contributed by atoms with Crippen LogP contribution in [0.25, 0.3) is 0 Å². The monoisotopic (exact) mass is 378 g/mol. The molecule has 2 aromatic carbocycles. The average molecular weight is 378 g/mol. The van der Waals surface area contributed by atoms with Gasteiger partial charge in [-0.05, 0) is 54.8 Å². The predicted octanol–water partition coefficient (Wildman–Crippen LogP) is 2.98. The van der Waals surface area contributed by atoms with Crippen LogP contribution >= 0.6 is 0 Å². The highest BCUT2D eigenvalue weighted by atomic mass is 32.2. The van der Waals surface area contributed by atoms with Gasteiger partial charge in [0.2, 0.25) is 10.0 Å². The van der Waals surface area contributed by atoms with Gasteiger partial charge in [-0.15, -0.1) is 0 Å². The molecule has 142 valence electrons. The first-order valence-corrected chi connectivity index (χ1v) is 10.1. The largest absolute Gasteiger partial charge is 0.493 e. The van der Waals surface area contributed by atoms with Gasteiger partial charge in [-0.1, -0.05) is 19.4 Å². The van der Waals surface area contributed by atoms with Gasteiger partial charge in [-0.25, -0.2) is 13.1 Å². The number of nitrogens with one attached hydrogen (secondary N) is 1. The Morgan fingerprint density at radius 2 is 1.81 bits per heavy atom. The minimum Gasteiger partial charge on any atom is -0.493 e. The summed E-state index contributed by atoms with van der Waals surface area (Å²) >= 11 is 0. The minimum absolute atomic E-state index is 0.199. The van der Waals surface area contributed by atoms with Crippen molar-refractivity contribution >= 4 is 15.7 Å². The molecule has 0 heterocycles. The Hall–Kier alpha value is -2.25. The molecule has 0 atom stereocenters. The van der Waals surface area contributed by atoms with E-state index < -0.39 is 10.0 Å².